The standard InChI is InChI=1S/C23H23NO5.C23H23NO4.2C23H4.C3H3F3O.H3NO5.H3NO4.18H2/c25-21-18(11-20-14-27-20)10-19-13-28-22(24(19)21)16-6-8-17(9-7-16)23(26)29-12-15-4-2-1-3-5-15;1-2-6-19-13-20-15-27-22(24(20)21(19)25)17-9-11-18(12-10-17)23(26)28-14-16-7-4-3-5-8-16;2*1-3-5-7-9-11-13-15-17-19-21-23-22-20-18-16-14-12-10-8-6-4-2;1-2(7)3(4,5)6;2-4-1-5-6-3;2-4-1-5-3;;;;;;;;;;;;;;;;;;/h1-9,18-20,22H,10-14H2;2-5,7-12,19-20,22H,1,6,13-15H2;2*1H,2H3;1H3;1-3H;1-3H;18*1H/t18-,19-,20?,22+;19-,20+,22-;;;;;;;;;;;;;;;;;;;;;;;/m01......................./s1. The van der Waals surface area contributed by atoms with Gasteiger partial charge in [-0.1, -0.05) is 108 Å². The number of benzene rings is 4. The predicted octanol–water partition coefficient (Wildman–Crippen LogP) is 12.6. The van der Waals surface area contributed by atoms with Crippen molar-refractivity contribution in [1.82, 2.24) is 21.1 Å². The summed E-state index contributed by atoms with van der Waals surface area (Å²) in [4.78, 5) is 75.4. The number of hydrogen-bond donors (Lipinski definition) is 6. The summed E-state index contributed by atoms with van der Waals surface area (Å²) in [6.45, 7) is 9.98. The molecule has 7 atom stereocenters. The molecule has 5 aliphatic heterocycles. The number of rotatable bonds is 17. The van der Waals surface area contributed by atoms with Crippen LogP contribution in [0, 0.1) is 273 Å². The Balaban J connectivity index is -0.0000000941. The zero-order valence-corrected chi connectivity index (χ0v) is 64.2. The van der Waals surface area contributed by atoms with E-state index in [1.807, 2.05) is 94.7 Å². The van der Waals surface area contributed by atoms with Crippen LogP contribution in [0.25, 0.3) is 0 Å². The van der Waals surface area contributed by atoms with E-state index in [4.69, 9.17) is 57.6 Å². The smallest absolute Gasteiger partial charge is 0.449 e. The van der Waals surface area contributed by atoms with E-state index in [9.17, 15) is 37.1 Å². The van der Waals surface area contributed by atoms with Crippen molar-refractivity contribution in [2.45, 2.75) is 96.5 Å². The lowest BCUT2D eigenvalue weighted by Crippen LogP contribution is -2.32. The van der Waals surface area contributed by atoms with Crippen LogP contribution in [0.2, 0.25) is 0 Å². The molecule has 0 aliphatic carbocycles. The molecule has 1 unspecified atom stereocenters. The number of amides is 2. The van der Waals surface area contributed by atoms with Crippen molar-refractivity contribution in [3.05, 3.63) is 155 Å². The molecule has 5 fully saturated rings. The molecule has 26 heteroatoms. The number of Topliss-reactive ketones (excluding diaryl/α,β-unsaturated/α-hetero) is 1. The van der Waals surface area contributed by atoms with Crippen molar-refractivity contribution >= 4 is 29.5 Å². The van der Waals surface area contributed by atoms with E-state index in [1.165, 1.54) is 11.3 Å². The van der Waals surface area contributed by atoms with Crippen LogP contribution < -0.4 is 11.3 Å². The molecule has 6 N–H and O–H groups in total. The zero-order valence-electron chi connectivity index (χ0n) is 64.2. The van der Waals surface area contributed by atoms with Crippen LogP contribution in [0.1, 0.15) is 128 Å². The van der Waals surface area contributed by atoms with Gasteiger partial charge in [0.25, 0.3) is 0 Å². The highest BCUT2D eigenvalue weighted by atomic mass is 19.4. The third-order valence-corrected chi connectivity index (χ3v) is 14.4. The summed E-state index contributed by atoms with van der Waals surface area (Å²) < 4.78 is 60.3. The third-order valence-electron chi connectivity index (χ3n) is 14.4. The number of halogens is 3. The number of nitrogens with zero attached hydrogens (tertiary/aromatic N) is 2. The molecule has 0 radical (unpaired) electrons. The number of epoxide rings is 1. The highest BCUT2D eigenvalue weighted by Crippen LogP contribution is 2.43. The van der Waals surface area contributed by atoms with E-state index in [1.54, 1.807) is 44.2 Å². The van der Waals surface area contributed by atoms with Gasteiger partial charge in [-0.05, 0) is 281 Å². The average Bonchev–Trinajstić information content (AvgIpc) is 1.62. The van der Waals surface area contributed by atoms with E-state index in [-0.39, 0.29) is 105 Å². The fourth-order valence-electron chi connectivity index (χ4n) is 9.46. The van der Waals surface area contributed by atoms with Gasteiger partial charge in [-0.3, -0.25) is 14.4 Å². The number of hydrogen-bond acceptors (Lipinski definition) is 21. The molecule has 2 amide bonds. The summed E-state index contributed by atoms with van der Waals surface area (Å²) in [5.74, 6) is 102. The van der Waals surface area contributed by atoms with Gasteiger partial charge >= 0.3 is 18.1 Å². The lowest BCUT2D eigenvalue weighted by molar-refractivity contribution is -0.571. The molecule has 5 heterocycles. The molecule has 0 aromatic heterocycles. The molecule has 5 aliphatic rings. The Morgan fingerprint density at radius 1 is 0.471 bits per heavy atom. The Bertz CT molecular complexity index is 5650. The topological polar surface area (TPSA) is 292 Å². The normalized spacial score (nSPS) is 15.0. The van der Waals surface area contributed by atoms with Gasteiger partial charge in [0.15, 0.2) is 12.5 Å². The van der Waals surface area contributed by atoms with Gasteiger partial charge in [0.2, 0.25) is 17.6 Å². The number of fused-ring (bicyclic) bond motifs is 2. The summed E-state index contributed by atoms with van der Waals surface area (Å²) >= 11 is 0. The van der Waals surface area contributed by atoms with Crippen molar-refractivity contribution in [3.8, 4) is 262 Å². The van der Waals surface area contributed by atoms with Crippen LogP contribution in [0.5, 0.6) is 0 Å². The van der Waals surface area contributed by atoms with Gasteiger partial charge in [0.05, 0.1) is 49.1 Å². The average molecular weight is 1660 g/mol. The summed E-state index contributed by atoms with van der Waals surface area (Å²) in [7, 11) is 0. The van der Waals surface area contributed by atoms with Crippen LogP contribution >= 0.6 is 0 Å². The Morgan fingerprint density at radius 2 is 0.769 bits per heavy atom. The summed E-state index contributed by atoms with van der Waals surface area (Å²) in [6.07, 6.45) is 9.61. The molecule has 0 spiro atoms. The van der Waals surface area contributed by atoms with Crippen LogP contribution in [-0.4, -0.2) is 105 Å². The number of ketones is 1. The fourth-order valence-corrected chi connectivity index (χ4v) is 9.46. The highest BCUT2D eigenvalue weighted by Gasteiger charge is 2.50. The minimum atomic E-state index is -4.64. The molecule has 4 aromatic carbocycles. The number of ether oxygens (including phenoxy) is 5. The number of carbonyl (C=O) groups is 5. The predicted molar refractivity (Wildman–Crippen MR) is 470 cm³/mol. The van der Waals surface area contributed by atoms with E-state index >= 15 is 0 Å². The maximum absolute atomic E-state index is 12.8. The number of alkyl halides is 3. The molecule has 121 heavy (non-hydrogen) atoms. The van der Waals surface area contributed by atoms with Crippen LogP contribution in [0.4, 0.5) is 13.2 Å². The van der Waals surface area contributed by atoms with Crippen LogP contribution in [0.3, 0.4) is 0 Å². The monoisotopic (exact) mass is 1660 g/mol. The fraction of sp³-hybridized carbons (Fsp3) is 0.211. The number of allylic oxidation sites excluding steroid dienone is 1. The van der Waals surface area contributed by atoms with Crippen molar-refractivity contribution in [2.75, 3.05) is 19.8 Å². The number of terminal acetylenes is 2. The molecular formula is C95H99F3N4O19. The molecule has 0 saturated carbocycles. The maximum atomic E-state index is 12.8. The van der Waals surface area contributed by atoms with E-state index < -0.39 is 12.0 Å². The minimum absolute atomic E-state index is 0. The van der Waals surface area contributed by atoms with E-state index in [2.05, 4.69) is 280 Å². The Kier molecular flexibility index (Phi) is 51.6. The zero-order chi connectivity index (χ0) is 88.0. The van der Waals surface area contributed by atoms with Crippen molar-refractivity contribution in [3.63, 3.8) is 0 Å². The number of nitrogens with one attached hydrogen (secondary N) is 2. The minimum Gasteiger partial charge on any atom is -0.457 e. The largest absolute Gasteiger partial charge is 0.457 e. The second-order valence-electron chi connectivity index (χ2n) is 22.3. The second-order valence-corrected chi connectivity index (χ2v) is 22.3. The molecule has 0 bridgehead atoms. The van der Waals surface area contributed by atoms with Gasteiger partial charge in [-0.25, -0.2) is 30.6 Å². The van der Waals surface area contributed by atoms with E-state index in [0.717, 1.165) is 48.1 Å². The summed E-state index contributed by atoms with van der Waals surface area (Å²) in [5, 5.41) is 31.7. The van der Waals surface area contributed by atoms with Gasteiger partial charge in [-0.15, -0.1) is 34.4 Å². The van der Waals surface area contributed by atoms with E-state index in [0.29, 0.717) is 37.7 Å². The number of esters is 2. The SMILES string of the molecule is C#CC#CC#CC#CC#CC#CC#CC#CC#CC#CC#CC.C#CC#CC#CC#CC#CC#CC#CC#CC#CC#CC#CC.C=CC[C@@H]1C[C@H]2CO[C@H](c3ccc(C(=O)OCc4ccccc4)cc3)N2C1=O.CC(=O)C(F)(F)F.O=C(OCc1ccccc1)c1ccc([C@H]2OC[C@@H]3C[C@@H](CC4CO4)C(=O)N32)cc1.OONOO.OONOOO.[HH].[HH].[HH].[HH].[HH].[HH].[HH].[HH].[HH].[HH].[HH].[HH].[HH].[HH].[HH].[HH].[HH].[HH]. The molecule has 634 valence electrons. The summed E-state index contributed by atoms with van der Waals surface area (Å²) in [5.41, 5.74) is 7.10. The van der Waals surface area contributed by atoms with Crippen molar-refractivity contribution in [2.24, 2.45) is 11.8 Å². The van der Waals surface area contributed by atoms with Crippen LogP contribution in [0.15, 0.2) is 122 Å². The molecule has 9 rings (SSSR count). The first-order valence-corrected chi connectivity index (χ1v) is 34.4. The first-order valence-electron chi connectivity index (χ1n) is 34.4. The molecule has 23 nitrogen and oxygen atoms in total. The molecular weight excluding hydrogens is 1560 g/mol. The third kappa shape index (κ3) is 43.7. The van der Waals surface area contributed by atoms with Gasteiger partial charge in [0, 0.05) is 103 Å². The lowest BCUT2D eigenvalue weighted by Gasteiger charge is -2.23. The second kappa shape index (κ2) is 63.1. The Morgan fingerprint density at radius 3 is 1.02 bits per heavy atom. The first-order chi connectivity index (χ1) is 59.0. The highest BCUT2D eigenvalue weighted by molar-refractivity contribution is 5.90. The number of carbonyl (C=O) groups excluding carboxylic acids is 5. The van der Waals surface area contributed by atoms with Gasteiger partial charge in [-0.2, -0.15) is 13.2 Å². The lowest BCUT2D eigenvalue weighted by atomic mass is 10.00. The molecule has 4 aromatic rings. The quantitative estimate of drug-likeness (QED) is 0.0109. The Labute approximate surface area is 725 Å². The Hall–Kier alpha value is -16.3. The van der Waals surface area contributed by atoms with Gasteiger partial charge in [0.1, 0.15) is 13.2 Å². The van der Waals surface area contributed by atoms with Crippen molar-refractivity contribution < 1.29 is 133 Å². The van der Waals surface area contributed by atoms with Crippen LogP contribution in [-0.2, 0) is 76.3 Å². The van der Waals surface area contributed by atoms with Gasteiger partial charge < -0.3 is 33.5 Å². The summed E-state index contributed by atoms with van der Waals surface area (Å²) in [6, 6.07) is 33.7. The molecule has 5 saturated heterocycles. The first kappa shape index (κ1) is 98.9. The maximum Gasteiger partial charge on any atom is 0.449 e. The van der Waals surface area contributed by atoms with Crippen molar-refractivity contribution in [1.29, 1.82) is 0 Å².